The van der Waals surface area contributed by atoms with E-state index in [1.54, 1.807) is 0 Å². The van der Waals surface area contributed by atoms with Crippen molar-refractivity contribution in [1.82, 2.24) is 0 Å². The summed E-state index contributed by atoms with van der Waals surface area (Å²) in [4.78, 5) is 10.4. The summed E-state index contributed by atoms with van der Waals surface area (Å²) in [5.74, 6) is -0.157. The van der Waals surface area contributed by atoms with Gasteiger partial charge in [0.2, 0.25) is 0 Å². The fourth-order valence-corrected chi connectivity index (χ4v) is 0.399. The van der Waals surface area contributed by atoms with Gasteiger partial charge in [0.25, 0.3) is 0 Å². The highest BCUT2D eigenvalue weighted by Crippen LogP contribution is 1.99. The highest BCUT2D eigenvalue weighted by molar-refractivity contribution is 5.70. The number of hydrogen-bond acceptors (Lipinski definition) is 3. The Morgan fingerprint density at radius 3 is 2.70 bits per heavy atom. The first-order valence-electron chi connectivity index (χ1n) is 3.47. The van der Waals surface area contributed by atoms with Crippen LogP contribution in [0.1, 0.15) is 20.3 Å². The van der Waals surface area contributed by atoms with Crippen LogP contribution in [0, 0.1) is 5.92 Å². The first kappa shape index (κ1) is 9.43. The van der Waals surface area contributed by atoms with Crippen molar-refractivity contribution in [3.05, 3.63) is 0 Å². The summed E-state index contributed by atoms with van der Waals surface area (Å²) in [6.45, 7) is 3.91. The van der Waals surface area contributed by atoms with Crippen LogP contribution in [-0.4, -0.2) is 24.3 Å². The van der Waals surface area contributed by atoms with Gasteiger partial charge in [-0.2, -0.15) is 0 Å². The van der Waals surface area contributed by atoms with Crippen LogP contribution in [0.15, 0.2) is 0 Å². The lowest BCUT2D eigenvalue weighted by Gasteiger charge is -2.07. The van der Waals surface area contributed by atoms with Crippen molar-refractivity contribution in [2.75, 3.05) is 13.2 Å². The zero-order valence-electron chi connectivity index (χ0n) is 6.46. The largest absolute Gasteiger partial charge is 0.464 e. The van der Waals surface area contributed by atoms with Crippen LogP contribution in [0.25, 0.3) is 0 Å². The fraction of sp³-hybridized carbons (Fsp3) is 0.857. The van der Waals surface area contributed by atoms with Crippen molar-refractivity contribution in [2.24, 2.45) is 5.92 Å². The van der Waals surface area contributed by atoms with Gasteiger partial charge in [-0.25, -0.2) is 4.79 Å². The summed E-state index contributed by atoms with van der Waals surface area (Å²) >= 11 is 0. The molecule has 0 saturated heterocycles. The van der Waals surface area contributed by atoms with E-state index < -0.39 is 12.6 Å². The molecule has 1 atom stereocenters. The number of ether oxygens (including phenoxy) is 1. The van der Waals surface area contributed by atoms with Crippen LogP contribution < -0.4 is 0 Å². The molecule has 0 bridgehead atoms. The Labute approximate surface area is 61.0 Å². The van der Waals surface area contributed by atoms with Gasteiger partial charge < -0.3 is 9.84 Å². The first-order valence-corrected chi connectivity index (χ1v) is 3.47. The highest BCUT2D eigenvalue weighted by Gasteiger charge is 2.02. The molecule has 0 aromatic carbocycles. The summed E-state index contributed by atoms with van der Waals surface area (Å²) in [7, 11) is 0. The van der Waals surface area contributed by atoms with Crippen molar-refractivity contribution < 1.29 is 14.6 Å². The molecule has 3 nitrogen and oxygen atoms in total. The van der Waals surface area contributed by atoms with Crippen LogP contribution in [0.5, 0.6) is 0 Å². The second kappa shape index (κ2) is 5.23. The van der Waals surface area contributed by atoms with Gasteiger partial charge in [0.1, 0.15) is 6.61 Å². The molecule has 0 rings (SSSR count). The number of hydrogen-bond donors (Lipinski definition) is 1. The van der Waals surface area contributed by atoms with E-state index in [1.165, 1.54) is 0 Å². The molecule has 3 heteroatoms. The molecule has 0 aliphatic rings. The Morgan fingerprint density at radius 1 is 1.70 bits per heavy atom. The average molecular weight is 146 g/mol. The van der Waals surface area contributed by atoms with Gasteiger partial charge in [-0.05, 0) is 5.92 Å². The molecule has 60 valence electrons. The van der Waals surface area contributed by atoms with E-state index in [9.17, 15) is 4.79 Å². The van der Waals surface area contributed by atoms with Crippen molar-refractivity contribution >= 4 is 5.97 Å². The van der Waals surface area contributed by atoms with Gasteiger partial charge in [-0.3, -0.25) is 0 Å². The molecule has 10 heavy (non-hydrogen) atoms. The molecular formula is C7H14O3. The Bertz CT molecular complexity index is 101. The van der Waals surface area contributed by atoms with Gasteiger partial charge in [-0.15, -0.1) is 0 Å². The summed E-state index contributed by atoms with van der Waals surface area (Å²) in [6.07, 6.45) is 0.985. The van der Waals surface area contributed by atoms with Gasteiger partial charge in [0.15, 0.2) is 0 Å². The average Bonchev–Trinajstić information content (AvgIpc) is 1.99. The number of aliphatic hydroxyl groups is 1. The SMILES string of the molecule is CC[C@@H](C)COC(=O)CO. The summed E-state index contributed by atoms with van der Waals surface area (Å²) in [6, 6.07) is 0. The molecule has 0 amide bonds. The molecular weight excluding hydrogens is 132 g/mol. The third-order valence-corrected chi connectivity index (χ3v) is 1.35. The summed E-state index contributed by atoms with van der Waals surface area (Å²) < 4.78 is 4.65. The molecule has 0 spiro atoms. The number of rotatable bonds is 4. The maximum absolute atomic E-state index is 10.4. The molecule has 0 radical (unpaired) electrons. The number of carbonyl (C=O) groups excluding carboxylic acids is 1. The zero-order chi connectivity index (χ0) is 7.98. The second-order valence-electron chi connectivity index (χ2n) is 2.35. The minimum Gasteiger partial charge on any atom is -0.464 e. The van der Waals surface area contributed by atoms with E-state index in [1.807, 2.05) is 13.8 Å². The fourth-order valence-electron chi connectivity index (χ4n) is 0.399. The zero-order valence-corrected chi connectivity index (χ0v) is 6.46. The van der Waals surface area contributed by atoms with E-state index in [2.05, 4.69) is 4.74 Å². The van der Waals surface area contributed by atoms with Crippen molar-refractivity contribution in [1.29, 1.82) is 0 Å². The molecule has 0 fully saturated rings. The lowest BCUT2D eigenvalue weighted by atomic mass is 10.1. The van der Waals surface area contributed by atoms with Crippen LogP contribution in [0.3, 0.4) is 0 Å². The molecule has 0 aromatic heterocycles. The van der Waals surface area contributed by atoms with Crippen molar-refractivity contribution in [3.8, 4) is 0 Å². The van der Waals surface area contributed by atoms with Crippen molar-refractivity contribution in [3.63, 3.8) is 0 Å². The number of carbonyl (C=O) groups is 1. The van der Waals surface area contributed by atoms with E-state index in [-0.39, 0.29) is 0 Å². The molecule has 0 unspecified atom stereocenters. The molecule has 1 N–H and O–H groups in total. The molecule has 0 aliphatic carbocycles. The molecule has 0 aromatic rings. The molecule has 0 aliphatic heterocycles. The Morgan fingerprint density at radius 2 is 2.30 bits per heavy atom. The van der Waals surface area contributed by atoms with Crippen LogP contribution >= 0.6 is 0 Å². The normalized spacial score (nSPS) is 12.7. The van der Waals surface area contributed by atoms with Gasteiger partial charge in [-0.1, -0.05) is 20.3 Å². The van der Waals surface area contributed by atoms with Crippen molar-refractivity contribution in [2.45, 2.75) is 20.3 Å². The van der Waals surface area contributed by atoms with E-state index >= 15 is 0 Å². The van der Waals surface area contributed by atoms with Gasteiger partial charge in [0, 0.05) is 0 Å². The third kappa shape index (κ3) is 4.32. The smallest absolute Gasteiger partial charge is 0.331 e. The summed E-state index contributed by atoms with van der Waals surface area (Å²) in [5, 5.41) is 8.25. The minimum absolute atomic E-state index is 0.385. The van der Waals surface area contributed by atoms with E-state index in [0.29, 0.717) is 12.5 Å². The maximum Gasteiger partial charge on any atom is 0.331 e. The Balaban J connectivity index is 3.26. The standard InChI is InChI=1S/C7H14O3/c1-3-6(2)5-10-7(9)4-8/h6,8H,3-5H2,1-2H3/t6-/m1/s1. The number of esters is 1. The van der Waals surface area contributed by atoms with Crippen LogP contribution in [-0.2, 0) is 9.53 Å². The van der Waals surface area contributed by atoms with Crippen LogP contribution in [0.2, 0.25) is 0 Å². The second-order valence-corrected chi connectivity index (χ2v) is 2.35. The van der Waals surface area contributed by atoms with Gasteiger partial charge in [0.05, 0.1) is 6.61 Å². The lowest BCUT2D eigenvalue weighted by Crippen LogP contribution is -2.13. The topological polar surface area (TPSA) is 46.5 Å². The lowest BCUT2D eigenvalue weighted by molar-refractivity contribution is -0.148. The number of aliphatic hydroxyl groups excluding tert-OH is 1. The minimum atomic E-state index is -0.541. The predicted octanol–water partition coefficient (Wildman–Crippen LogP) is 0.568. The maximum atomic E-state index is 10.4. The van der Waals surface area contributed by atoms with Gasteiger partial charge >= 0.3 is 5.97 Å². The molecule has 0 saturated carbocycles. The first-order chi connectivity index (χ1) is 4.70. The highest BCUT2D eigenvalue weighted by atomic mass is 16.5. The Kier molecular flexibility index (Phi) is 4.94. The molecule has 0 heterocycles. The predicted molar refractivity (Wildman–Crippen MR) is 37.5 cm³/mol. The monoisotopic (exact) mass is 146 g/mol. The third-order valence-electron chi connectivity index (χ3n) is 1.35. The Hall–Kier alpha value is -0.570. The van der Waals surface area contributed by atoms with Crippen LogP contribution in [0.4, 0.5) is 0 Å². The van der Waals surface area contributed by atoms with E-state index in [0.717, 1.165) is 6.42 Å². The summed E-state index contributed by atoms with van der Waals surface area (Å²) in [5.41, 5.74) is 0. The quantitative estimate of drug-likeness (QED) is 0.590. The van der Waals surface area contributed by atoms with E-state index in [4.69, 9.17) is 5.11 Å².